The van der Waals surface area contributed by atoms with Gasteiger partial charge in [-0.05, 0) is 25.5 Å². The average Bonchev–Trinajstić information content (AvgIpc) is 2.25. The van der Waals surface area contributed by atoms with Gasteiger partial charge in [0.15, 0.2) is 0 Å². The number of carbonyl (C=O) groups is 1. The number of amides is 1. The van der Waals surface area contributed by atoms with Crippen molar-refractivity contribution in [2.24, 2.45) is 0 Å². The molecular weight excluding hydrogens is 222 g/mol. The number of nitriles is 1. The summed E-state index contributed by atoms with van der Waals surface area (Å²) >= 11 is 1.29. The molecule has 5 heteroatoms. The van der Waals surface area contributed by atoms with Crippen molar-refractivity contribution in [2.75, 3.05) is 12.8 Å². The maximum atomic E-state index is 11.1. The molecule has 0 saturated carbocycles. The highest BCUT2D eigenvalue weighted by Crippen LogP contribution is 2.23. The number of aryl methyl sites for hydroxylation is 2. The van der Waals surface area contributed by atoms with E-state index in [9.17, 15) is 4.79 Å². The third kappa shape index (κ3) is 2.97. The van der Waals surface area contributed by atoms with Gasteiger partial charge in [-0.2, -0.15) is 5.26 Å². The Bertz CT molecular complexity index is 451. The van der Waals surface area contributed by atoms with Crippen molar-refractivity contribution < 1.29 is 4.79 Å². The summed E-state index contributed by atoms with van der Waals surface area (Å²) in [5, 5.41) is 12.2. The lowest BCUT2D eigenvalue weighted by Crippen LogP contribution is -2.19. The molecule has 0 unspecified atom stereocenters. The summed E-state index contributed by atoms with van der Waals surface area (Å²) in [7, 11) is 1.59. The monoisotopic (exact) mass is 235 g/mol. The SMILES string of the molecule is CNC(=O)CSc1nc(C)cc(C)c1C#N. The van der Waals surface area contributed by atoms with Gasteiger partial charge in [-0.15, -0.1) is 0 Å². The van der Waals surface area contributed by atoms with E-state index in [2.05, 4.69) is 16.4 Å². The molecule has 0 spiro atoms. The first-order valence-electron chi connectivity index (χ1n) is 4.80. The molecule has 84 valence electrons. The first-order valence-corrected chi connectivity index (χ1v) is 5.78. The smallest absolute Gasteiger partial charge is 0.230 e. The van der Waals surface area contributed by atoms with Crippen LogP contribution in [0.3, 0.4) is 0 Å². The van der Waals surface area contributed by atoms with E-state index < -0.39 is 0 Å². The first-order chi connectivity index (χ1) is 7.58. The number of aromatic nitrogens is 1. The van der Waals surface area contributed by atoms with Crippen LogP contribution >= 0.6 is 11.8 Å². The number of thioether (sulfide) groups is 1. The van der Waals surface area contributed by atoms with E-state index in [1.807, 2.05) is 19.9 Å². The Labute approximate surface area is 99.1 Å². The molecule has 0 saturated heterocycles. The lowest BCUT2D eigenvalue weighted by Gasteiger charge is -2.06. The molecular formula is C11H13N3OS. The Kier molecular flexibility index (Phi) is 4.32. The number of rotatable bonds is 3. The predicted molar refractivity (Wildman–Crippen MR) is 63.2 cm³/mol. The molecule has 0 bridgehead atoms. The van der Waals surface area contributed by atoms with Gasteiger partial charge < -0.3 is 5.32 Å². The summed E-state index contributed by atoms with van der Waals surface area (Å²) in [6.45, 7) is 3.75. The molecule has 1 heterocycles. The zero-order chi connectivity index (χ0) is 12.1. The number of pyridine rings is 1. The maximum Gasteiger partial charge on any atom is 0.230 e. The van der Waals surface area contributed by atoms with Crippen molar-refractivity contribution in [3.05, 3.63) is 22.9 Å². The van der Waals surface area contributed by atoms with Gasteiger partial charge in [0.1, 0.15) is 11.1 Å². The quantitative estimate of drug-likeness (QED) is 0.804. The number of carbonyl (C=O) groups excluding carboxylic acids is 1. The van der Waals surface area contributed by atoms with Gasteiger partial charge in [-0.3, -0.25) is 4.79 Å². The number of hydrogen-bond acceptors (Lipinski definition) is 4. The second-order valence-corrected chi connectivity index (χ2v) is 4.30. The highest BCUT2D eigenvalue weighted by Gasteiger charge is 2.10. The van der Waals surface area contributed by atoms with Gasteiger partial charge in [-0.1, -0.05) is 11.8 Å². The summed E-state index contributed by atoms with van der Waals surface area (Å²) in [4.78, 5) is 15.4. The fraction of sp³-hybridized carbons (Fsp3) is 0.364. The van der Waals surface area contributed by atoms with Gasteiger partial charge in [-0.25, -0.2) is 4.98 Å². The van der Waals surface area contributed by atoms with Crippen molar-refractivity contribution in [1.29, 1.82) is 5.26 Å². The van der Waals surface area contributed by atoms with E-state index in [1.165, 1.54) is 11.8 Å². The lowest BCUT2D eigenvalue weighted by atomic mass is 10.1. The van der Waals surface area contributed by atoms with Crippen LogP contribution < -0.4 is 5.32 Å². The van der Waals surface area contributed by atoms with Crippen LogP contribution in [0.5, 0.6) is 0 Å². The zero-order valence-electron chi connectivity index (χ0n) is 9.50. The molecule has 0 radical (unpaired) electrons. The average molecular weight is 235 g/mol. The van der Waals surface area contributed by atoms with Gasteiger partial charge in [0.2, 0.25) is 5.91 Å². The van der Waals surface area contributed by atoms with Crippen LogP contribution in [0, 0.1) is 25.2 Å². The third-order valence-corrected chi connectivity index (χ3v) is 3.02. The van der Waals surface area contributed by atoms with Crippen molar-refractivity contribution in [3.63, 3.8) is 0 Å². The van der Waals surface area contributed by atoms with Gasteiger partial charge in [0.25, 0.3) is 0 Å². The normalized spacial score (nSPS) is 9.62. The molecule has 1 aromatic rings. The van der Waals surface area contributed by atoms with Crippen molar-refractivity contribution in [1.82, 2.24) is 10.3 Å². The Balaban J connectivity index is 2.95. The Morgan fingerprint density at radius 2 is 2.31 bits per heavy atom. The minimum atomic E-state index is -0.0742. The minimum Gasteiger partial charge on any atom is -0.358 e. The van der Waals surface area contributed by atoms with Crippen LogP contribution in [0.2, 0.25) is 0 Å². The number of hydrogen-bond donors (Lipinski definition) is 1. The third-order valence-electron chi connectivity index (χ3n) is 2.04. The summed E-state index contributed by atoms with van der Waals surface area (Å²) in [5.41, 5.74) is 2.31. The summed E-state index contributed by atoms with van der Waals surface area (Å²) in [5.74, 6) is 0.205. The molecule has 1 N–H and O–H groups in total. The van der Waals surface area contributed by atoms with E-state index in [-0.39, 0.29) is 11.7 Å². The van der Waals surface area contributed by atoms with Crippen molar-refractivity contribution in [3.8, 4) is 6.07 Å². The molecule has 4 nitrogen and oxygen atoms in total. The summed E-state index contributed by atoms with van der Waals surface area (Å²) in [6, 6.07) is 3.98. The number of nitrogens with one attached hydrogen (secondary N) is 1. The second-order valence-electron chi connectivity index (χ2n) is 3.33. The molecule has 0 atom stereocenters. The van der Waals surface area contributed by atoms with Gasteiger partial charge >= 0.3 is 0 Å². The van der Waals surface area contributed by atoms with E-state index in [4.69, 9.17) is 5.26 Å². The van der Waals surface area contributed by atoms with E-state index in [0.717, 1.165) is 11.3 Å². The van der Waals surface area contributed by atoms with Crippen molar-refractivity contribution >= 4 is 17.7 Å². The highest BCUT2D eigenvalue weighted by atomic mass is 32.2. The maximum absolute atomic E-state index is 11.1. The Morgan fingerprint density at radius 1 is 1.62 bits per heavy atom. The molecule has 0 aromatic carbocycles. The van der Waals surface area contributed by atoms with E-state index in [1.54, 1.807) is 7.05 Å². The summed E-state index contributed by atoms with van der Waals surface area (Å²) in [6.07, 6.45) is 0. The standard InChI is InChI=1S/C11H13N3OS/c1-7-4-8(2)14-11(9(7)5-12)16-6-10(15)13-3/h4H,6H2,1-3H3,(H,13,15). The molecule has 0 aliphatic rings. The number of nitrogens with zero attached hydrogens (tertiary/aromatic N) is 2. The molecule has 1 rings (SSSR count). The largest absolute Gasteiger partial charge is 0.358 e. The second kappa shape index (κ2) is 5.52. The van der Waals surface area contributed by atoms with E-state index >= 15 is 0 Å². The lowest BCUT2D eigenvalue weighted by molar-refractivity contribution is -0.118. The molecule has 16 heavy (non-hydrogen) atoms. The first kappa shape index (κ1) is 12.5. The van der Waals surface area contributed by atoms with Crippen LogP contribution in [-0.2, 0) is 4.79 Å². The van der Waals surface area contributed by atoms with E-state index in [0.29, 0.717) is 10.6 Å². The topological polar surface area (TPSA) is 65.8 Å². The fourth-order valence-electron chi connectivity index (χ4n) is 1.25. The molecule has 0 aliphatic carbocycles. The van der Waals surface area contributed by atoms with Crippen LogP contribution in [0.25, 0.3) is 0 Å². The van der Waals surface area contributed by atoms with Gasteiger partial charge in [0.05, 0.1) is 11.3 Å². The molecule has 1 amide bonds. The van der Waals surface area contributed by atoms with Crippen LogP contribution in [0.15, 0.2) is 11.1 Å². The highest BCUT2D eigenvalue weighted by molar-refractivity contribution is 8.00. The summed E-state index contributed by atoms with van der Waals surface area (Å²) < 4.78 is 0. The molecule has 0 fully saturated rings. The Morgan fingerprint density at radius 3 is 2.88 bits per heavy atom. The van der Waals surface area contributed by atoms with Crippen LogP contribution in [0.1, 0.15) is 16.8 Å². The molecule has 1 aromatic heterocycles. The van der Waals surface area contributed by atoms with Gasteiger partial charge in [0, 0.05) is 12.7 Å². The Hall–Kier alpha value is -1.54. The fourth-order valence-corrected chi connectivity index (χ4v) is 2.22. The van der Waals surface area contributed by atoms with Crippen molar-refractivity contribution in [2.45, 2.75) is 18.9 Å². The predicted octanol–water partition coefficient (Wildman–Crippen LogP) is 1.41. The zero-order valence-corrected chi connectivity index (χ0v) is 10.3. The van der Waals surface area contributed by atoms with Crippen LogP contribution in [0.4, 0.5) is 0 Å². The molecule has 0 aliphatic heterocycles. The minimum absolute atomic E-state index is 0.0742. The van der Waals surface area contributed by atoms with Crippen LogP contribution in [-0.4, -0.2) is 23.7 Å².